The molecule has 0 N–H and O–H groups in total. The lowest BCUT2D eigenvalue weighted by Gasteiger charge is -2.15. The van der Waals surface area contributed by atoms with Crippen LogP contribution in [0.15, 0.2) is 42.9 Å². The van der Waals surface area contributed by atoms with Gasteiger partial charge in [0.2, 0.25) is 5.95 Å². The van der Waals surface area contributed by atoms with E-state index in [1.54, 1.807) is 24.5 Å². The molecular formula is C16H13ClFN5. The largest absolute Gasteiger partial charge is 0.330 e. The van der Waals surface area contributed by atoms with Crippen LogP contribution in [0.25, 0.3) is 0 Å². The number of hydrogen-bond acceptors (Lipinski definition) is 4. The number of halogens is 2. The zero-order valence-electron chi connectivity index (χ0n) is 12.2. The normalized spacial score (nSPS) is 13.4. The molecule has 116 valence electrons. The van der Waals surface area contributed by atoms with Gasteiger partial charge in [0.25, 0.3) is 0 Å². The van der Waals surface area contributed by atoms with Crippen LogP contribution in [0, 0.1) is 5.82 Å². The van der Waals surface area contributed by atoms with E-state index < -0.39 is 0 Å². The number of benzene rings is 1. The second-order valence-electron chi connectivity index (χ2n) is 5.46. The molecule has 1 aliphatic rings. The minimum Gasteiger partial charge on any atom is -0.330 e. The van der Waals surface area contributed by atoms with E-state index in [4.69, 9.17) is 11.6 Å². The van der Waals surface area contributed by atoms with Gasteiger partial charge in [0.05, 0.1) is 42.4 Å². The summed E-state index contributed by atoms with van der Waals surface area (Å²) >= 11 is 5.83. The van der Waals surface area contributed by atoms with Gasteiger partial charge in [-0.05, 0) is 17.7 Å². The molecule has 0 atom stereocenters. The van der Waals surface area contributed by atoms with Crippen molar-refractivity contribution in [1.82, 2.24) is 19.7 Å². The predicted molar refractivity (Wildman–Crippen MR) is 84.7 cm³/mol. The van der Waals surface area contributed by atoms with Gasteiger partial charge in [-0.3, -0.25) is 4.68 Å². The summed E-state index contributed by atoms with van der Waals surface area (Å²) in [5, 5.41) is 4.95. The van der Waals surface area contributed by atoms with E-state index in [9.17, 15) is 4.39 Å². The van der Waals surface area contributed by atoms with Gasteiger partial charge < -0.3 is 4.90 Å². The molecule has 2 aromatic heterocycles. The molecule has 7 heteroatoms. The molecule has 0 aliphatic carbocycles. The number of hydrogen-bond donors (Lipinski definition) is 0. The zero-order valence-corrected chi connectivity index (χ0v) is 12.9. The van der Waals surface area contributed by atoms with Crippen molar-refractivity contribution in [2.75, 3.05) is 4.90 Å². The van der Waals surface area contributed by atoms with Crippen LogP contribution in [0.1, 0.15) is 16.8 Å². The van der Waals surface area contributed by atoms with E-state index in [2.05, 4.69) is 20.0 Å². The molecule has 23 heavy (non-hydrogen) atoms. The molecule has 0 unspecified atom stereocenters. The van der Waals surface area contributed by atoms with Gasteiger partial charge in [0.1, 0.15) is 5.82 Å². The molecule has 0 saturated carbocycles. The Labute approximate surface area is 137 Å². The molecule has 0 fully saturated rings. The fraction of sp³-hybridized carbons (Fsp3) is 0.188. The predicted octanol–water partition coefficient (Wildman–Crippen LogP) is 3.03. The number of anilines is 1. The summed E-state index contributed by atoms with van der Waals surface area (Å²) in [5.74, 6) is 0.421. The number of fused-ring (bicyclic) bond motifs is 1. The number of nitrogens with zero attached hydrogens (tertiary/aromatic N) is 5. The van der Waals surface area contributed by atoms with Crippen molar-refractivity contribution in [3.8, 4) is 0 Å². The molecule has 0 amide bonds. The molecule has 5 nitrogen and oxygen atoms in total. The molecule has 0 saturated heterocycles. The Morgan fingerprint density at radius 2 is 1.78 bits per heavy atom. The zero-order chi connectivity index (χ0) is 15.8. The van der Waals surface area contributed by atoms with Gasteiger partial charge in [-0.1, -0.05) is 23.7 Å². The van der Waals surface area contributed by atoms with Gasteiger partial charge in [0, 0.05) is 12.1 Å². The Kier molecular flexibility index (Phi) is 3.46. The summed E-state index contributed by atoms with van der Waals surface area (Å²) in [6.07, 6.45) is 5.06. The molecular weight excluding hydrogens is 317 g/mol. The van der Waals surface area contributed by atoms with E-state index in [1.165, 1.54) is 12.1 Å². The van der Waals surface area contributed by atoms with E-state index in [-0.39, 0.29) is 5.82 Å². The topological polar surface area (TPSA) is 46.8 Å². The van der Waals surface area contributed by atoms with E-state index in [1.807, 2.05) is 10.9 Å². The highest BCUT2D eigenvalue weighted by molar-refractivity contribution is 6.30. The first-order valence-corrected chi connectivity index (χ1v) is 7.57. The average Bonchev–Trinajstić information content (AvgIpc) is 3.12. The maximum Gasteiger partial charge on any atom is 0.226 e. The van der Waals surface area contributed by atoms with Crippen LogP contribution in [-0.2, 0) is 19.6 Å². The van der Waals surface area contributed by atoms with Crippen molar-refractivity contribution in [3.05, 3.63) is 70.5 Å². The minimum atomic E-state index is -0.231. The summed E-state index contributed by atoms with van der Waals surface area (Å²) < 4.78 is 14.9. The number of rotatable bonds is 3. The highest BCUT2D eigenvalue weighted by Crippen LogP contribution is 2.26. The van der Waals surface area contributed by atoms with Crippen molar-refractivity contribution in [1.29, 1.82) is 0 Å². The summed E-state index contributed by atoms with van der Waals surface area (Å²) in [7, 11) is 0. The Morgan fingerprint density at radius 3 is 2.52 bits per heavy atom. The highest BCUT2D eigenvalue weighted by Gasteiger charge is 2.25. The SMILES string of the molecule is Fc1ccc(Cn2ncc3c2CN(c2ncc(Cl)cn2)C3)cc1. The van der Waals surface area contributed by atoms with Gasteiger partial charge in [-0.25, -0.2) is 14.4 Å². The Hall–Kier alpha value is -2.47. The second-order valence-corrected chi connectivity index (χ2v) is 5.89. The van der Waals surface area contributed by atoms with Gasteiger partial charge in [-0.15, -0.1) is 0 Å². The van der Waals surface area contributed by atoms with Gasteiger partial charge >= 0.3 is 0 Å². The lowest BCUT2D eigenvalue weighted by molar-refractivity contribution is 0.620. The molecule has 4 rings (SSSR count). The number of aromatic nitrogens is 4. The van der Waals surface area contributed by atoms with Crippen LogP contribution < -0.4 is 4.90 Å². The van der Waals surface area contributed by atoms with Crippen molar-refractivity contribution >= 4 is 17.5 Å². The summed E-state index contributed by atoms with van der Waals surface area (Å²) in [4.78, 5) is 10.6. The summed E-state index contributed by atoms with van der Waals surface area (Å²) in [6.45, 7) is 2.03. The fourth-order valence-corrected chi connectivity index (χ4v) is 2.81. The van der Waals surface area contributed by atoms with E-state index in [0.29, 0.717) is 24.1 Å². The van der Waals surface area contributed by atoms with Crippen molar-refractivity contribution in [2.45, 2.75) is 19.6 Å². The van der Waals surface area contributed by atoms with Crippen molar-refractivity contribution in [2.24, 2.45) is 0 Å². The second kappa shape index (κ2) is 5.62. The van der Waals surface area contributed by atoms with Crippen molar-refractivity contribution < 1.29 is 4.39 Å². The first-order chi connectivity index (χ1) is 11.2. The third-order valence-corrected chi connectivity index (χ3v) is 4.07. The van der Waals surface area contributed by atoms with Crippen molar-refractivity contribution in [3.63, 3.8) is 0 Å². The standard InChI is InChI=1S/C16H13ClFN5/c17-13-6-19-16(20-7-13)22-9-12-5-21-23(15(12)10-22)8-11-1-3-14(18)4-2-11/h1-7H,8-10H2. The maximum absolute atomic E-state index is 13.0. The average molecular weight is 330 g/mol. The molecule has 0 radical (unpaired) electrons. The Balaban J connectivity index is 1.54. The van der Waals surface area contributed by atoms with Crippen LogP contribution in [0.2, 0.25) is 5.02 Å². The monoisotopic (exact) mass is 329 g/mol. The first kappa shape index (κ1) is 14.1. The summed E-state index contributed by atoms with van der Waals surface area (Å²) in [6, 6.07) is 6.48. The fourth-order valence-electron chi connectivity index (χ4n) is 2.72. The van der Waals surface area contributed by atoms with E-state index in [0.717, 1.165) is 23.4 Å². The molecule has 1 aliphatic heterocycles. The van der Waals surface area contributed by atoms with Crippen LogP contribution in [0.4, 0.5) is 10.3 Å². The van der Waals surface area contributed by atoms with Gasteiger partial charge in [-0.2, -0.15) is 5.10 Å². The lowest BCUT2D eigenvalue weighted by Crippen LogP contribution is -2.19. The minimum absolute atomic E-state index is 0.231. The smallest absolute Gasteiger partial charge is 0.226 e. The molecule has 0 spiro atoms. The van der Waals surface area contributed by atoms with Crippen LogP contribution in [0.5, 0.6) is 0 Å². The third-order valence-electron chi connectivity index (χ3n) is 3.87. The van der Waals surface area contributed by atoms with Crippen LogP contribution >= 0.6 is 11.6 Å². The maximum atomic E-state index is 13.0. The third kappa shape index (κ3) is 2.77. The van der Waals surface area contributed by atoms with E-state index >= 15 is 0 Å². The highest BCUT2D eigenvalue weighted by atomic mass is 35.5. The molecule has 3 heterocycles. The van der Waals surface area contributed by atoms with Crippen LogP contribution in [-0.4, -0.2) is 19.7 Å². The summed E-state index contributed by atoms with van der Waals surface area (Å²) in [5.41, 5.74) is 3.30. The lowest BCUT2D eigenvalue weighted by atomic mass is 10.2. The molecule has 3 aromatic rings. The van der Waals surface area contributed by atoms with Crippen LogP contribution in [0.3, 0.4) is 0 Å². The Bertz CT molecular complexity index is 829. The Morgan fingerprint density at radius 1 is 1.04 bits per heavy atom. The molecule has 0 bridgehead atoms. The van der Waals surface area contributed by atoms with Gasteiger partial charge in [0.15, 0.2) is 0 Å². The quantitative estimate of drug-likeness (QED) is 0.741. The molecule has 1 aromatic carbocycles. The first-order valence-electron chi connectivity index (χ1n) is 7.19.